The predicted molar refractivity (Wildman–Crippen MR) is 68.4 cm³/mol. The summed E-state index contributed by atoms with van der Waals surface area (Å²) in [6, 6.07) is 4.98. The lowest BCUT2D eigenvalue weighted by molar-refractivity contribution is -0.184. The van der Waals surface area contributed by atoms with Gasteiger partial charge in [-0.2, -0.15) is 13.2 Å². The van der Waals surface area contributed by atoms with Crippen LogP contribution in [-0.4, -0.2) is 17.8 Å². The van der Waals surface area contributed by atoms with Crippen LogP contribution in [0.4, 0.5) is 13.2 Å². The number of fused-ring (bicyclic) bond motifs is 1. The Morgan fingerprint density at radius 2 is 2.05 bits per heavy atom. The first kappa shape index (κ1) is 14.1. The van der Waals surface area contributed by atoms with Crippen molar-refractivity contribution in [2.24, 2.45) is 5.73 Å². The number of benzene rings is 1. The third-order valence-corrected chi connectivity index (χ3v) is 3.96. The van der Waals surface area contributed by atoms with Crippen molar-refractivity contribution in [1.29, 1.82) is 0 Å². The third kappa shape index (κ3) is 2.52. The van der Waals surface area contributed by atoms with Crippen LogP contribution < -0.4 is 10.5 Å². The smallest absolute Gasteiger partial charge is 0.412 e. The van der Waals surface area contributed by atoms with E-state index < -0.39 is 11.7 Å². The van der Waals surface area contributed by atoms with Crippen LogP contribution in [0.2, 0.25) is 0 Å². The van der Waals surface area contributed by atoms with Crippen LogP contribution in [0.5, 0.6) is 5.75 Å². The summed E-state index contributed by atoms with van der Waals surface area (Å²) in [6.45, 7) is 3.26. The van der Waals surface area contributed by atoms with Gasteiger partial charge in [-0.15, -0.1) is 11.3 Å². The minimum Gasteiger partial charge on any atom is -0.494 e. The van der Waals surface area contributed by atoms with Gasteiger partial charge in [-0.3, -0.25) is 0 Å². The van der Waals surface area contributed by atoms with Crippen LogP contribution in [0, 0.1) is 0 Å². The molecule has 0 saturated heterocycles. The molecule has 2 rings (SSSR count). The fraction of sp³-hybridized carbons (Fsp3) is 0.417. The average Bonchev–Trinajstić information content (AvgIpc) is 2.71. The standard InChI is InChI=1S/C12H13F3N2OS/c1-3-18-7-4-5-8-9(6-7)19-10(17-8)11(2,16)12(13,14)15/h4-6H,3,16H2,1-2H3. The Labute approximate surface area is 112 Å². The van der Waals surface area contributed by atoms with Gasteiger partial charge >= 0.3 is 6.18 Å². The Bertz CT molecular complexity index is 592. The van der Waals surface area contributed by atoms with E-state index >= 15 is 0 Å². The molecule has 1 atom stereocenters. The highest BCUT2D eigenvalue weighted by Gasteiger charge is 2.51. The largest absolute Gasteiger partial charge is 0.494 e. The van der Waals surface area contributed by atoms with E-state index in [9.17, 15) is 13.2 Å². The first-order chi connectivity index (χ1) is 8.75. The Hall–Kier alpha value is -1.34. The van der Waals surface area contributed by atoms with Gasteiger partial charge in [0.2, 0.25) is 0 Å². The number of nitrogens with zero attached hydrogens (tertiary/aromatic N) is 1. The second kappa shape index (κ2) is 4.64. The van der Waals surface area contributed by atoms with E-state index in [1.54, 1.807) is 18.2 Å². The van der Waals surface area contributed by atoms with E-state index in [-0.39, 0.29) is 5.01 Å². The van der Waals surface area contributed by atoms with Gasteiger partial charge in [0, 0.05) is 0 Å². The Morgan fingerprint density at radius 3 is 2.63 bits per heavy atom. The second-order valence-corrected chi connectivity index (χ2v) is 5.31. The maximum absolute atomic E-state index is 12.9. The summed E-state index contributed by atoms with van der Waals surface area (Å²) in [7, 11) is 0. The van der Waals surface area contributed by atoms with E-state index in [0.29, 0.717) is 22.6 Å². The van der Waals surface area contributed by atoms with Crippen molar-refractivity contribution in [3.63, 3.8) is 0 Å². The lowest BCUT2D eigenvalue weighted by Gasteiger charge is -2.24. The first-order valence-electron chi connectivity index (χ1n) is 5.65. The summed E-state index contributed by atoms with van der Waals surface area (Å²) in [6.07, 6.45) is -4.54. The normalized spacial score (nSPS) is 15.5. The number of rotatable bonds is 3. The van der Waals surface area contributed by atoms with E-state index in [4.69, 9.17) is 10.5 Å². The van der Waals surface area contributed by atoms with Gasteiger partial charge in [0.05, 0.1) is 16.8 Å². The summed E-state index contributed by atoms with van der Waals surface area (Å²) >= 11 is 0.935. The molecule has 0 saturated carbocycles. The zero-order valence-electron chi connectivity index (χ0n) is 10.4. The molecule has 3 nitrogen and oxygen atoms in total. The van der Waals surface area contributed by atoms with Crippen molar-refractivity contribution < 1.29 is 17.9 Å². The summed E-state index contributed by atoms with van der Waals surface area (Å²) in [4.78, 5) is 3.97. The number of aromatic nitrogens is 1. The lowest BCUT2D eigenvalue weighted by Crippen LogP contribution is -2.47. The van der Waals surface area contributed by atoms with E-state index in [1.165, 1.54) is 0 Å². The number of hydrogen-bond donors (Lipinski definition) is 1. The van der Waals surface area contributed by atoms with Crippen LogP contribution in [0.25, 0.3) is 10.2 Å². The van der Waals surface area contributed by atoms with Gasteiger partial charge < -0.3 is 10.5 Å². The molecule has 0 radical (unpaired) electrons. The lowest BCUT2D eigenvalue weighted by atomic mass is 10.1. The molecule has 1 unspecified atom stereocenters. The van der Waals surface area contributed by atoms with Crippen molar-refractivity contribution in [2.75, 3.05) is 6.61 Å². The number of hydrogen-bond acceptors (Lipinski definition) is 4. The van der Waals surface area contributed by atoms with Crippen LogP contribution in [-0.2, 0) is 5.54 Å². The average molecular weight is 290 g/mol. The van der Waals surface area contributed by atoms with Crippen molar-refractivity contribution >= 4 is 21.6 Å². The molecule has 7 heteroatoms. The van der Waals surface area contributed by atoms with Gasteiger partial charge in [0.25, 0.3) is 0 Å². The monoisotopic (exact) mass is 290 g/mol. The molecule has 1 heterocycles. The number of halogens is 3. The van der Waals surface area contributed by atoms with Gasteiger partial charge in [0.1, 0.15) is 10.8 Å². The number of alkyl halides is 3. The van der Waals surface area contributed by atoms with Crippen molar-refractivity contribution in [2.45, 2.75) is 25.6 Å². The summed E-state index contributed by atoms with van der Waals surface area (Å²) in [5.74, 6) is 0.607. The van der Waals surface area contributed by atoms with Crippen LogP contribution >= 0.6 is 11.3 Å². The van der Waals surface area contributed by atoms with Gasteiger partial charge in [-0.1, -0.05) is 0 Å². The topological polar surface area (TPSA) is 48.1 Å². The highest BCUT2D eigenvalue weighted by atomic mass is 32.1. The Kier molecular flexibility index (Phi) is 3.44. The van der Waals surface area contributed by atoms with Gasteiger partial charge in [-0.05, 0) is 32.0 Å². The molecule has 0 amide bonds. The molecule has 0 bridgehead atoms. The molecular formula is C12H13F3N2OS. The van der Waals surface area contributed by atoms with Crippen LogP contribution in [0.3, 0.4) is 0 Å². The van der Waals surface area contributed by atoms with E-state index in [0.717, 1.165) is 18.3 Å². The molecule has 104 valence electrons. The SMILES string of the molecule is CCOc1ccc2nc(C(C)(N)C(F)(F)F)sc2c1. The fourth-order valence-corrected chi connectivity index (χ4v) is 2.58. The zero-order chi connectivity index (χ0) is 14.3. The molecule has 0 aliphatic heterocycles. The fourth-order valence-electron chi connectivity index (χ4n) is 1.50. The van der Waals surface area contributed by atoms with Crippen molar-refractivity contribution in [3.05, 3.63) is 23.2 Å². The zero-order valence-corrected chi connectivity index (χ0v) is 11.2. The molecule has 19 heavy (non-hydrogen) atoms. The molecule has 0 aliphatic carbocycles. The molecule has 1 aromatic carbocycles. The van der Waals surface area contributed by atoms with Gasteiger partial charge in [0.15, 0.2) is 5.54 Å². The van der Waals surface area contributed by atoms with Crippen molar-refractivity contribution in [1.82, 2.24) is 4.98 Å². The molecule has 2 N–H and O–H groups in total. The maximum atomic E-state index is 12.9. The summed E-state index contributed by atoms with van der Waals surface area (Å²) < 4.78 is 44.5. The van der Waals surface area contributed by atoms with Crippen molar-refractivity contribution in [3.8, 4) is 5.75 Å². The molecular weight excluding hydrogens is 277 g/mol. The minimum atomic E-state index is -4.54. The highest BCUT2D eigenvalue weighted by Crippen LogP contribution is 2.40. The van der Waals surface area contributed by atoms with Crippen LogP contribution in [0.1, 0.15) is 18.9 Å². The summed E-state index contributed by atoms with van der Waals surface area (Å²) in [5, 5.41) is -0.149. The van der Waals surface area contributed by atoms with Gasteiger partial charge in [-0.25, -0.2) is 4.98 Å². The van der Waals surface area contributed by atoms with Crippen LogP contribution in [0.15, 0.2) is 18.2 Å². The summed E-state index contributed by atoms with van der Waals surface area (Å²) in [5.41, 5.74) is 3.42. The minimum absolute atomic E-state index is 0.149. The number of thiazole rings is 1. The molecule has 2 aromatic rings. The second-order valence-electron chi connectivity index (χ2n) is 4.28. The maximum Gasteiger partial charge on any atom is 0.412 e. The van der Waals surface area contributed by atoms with E-state index in [2.05, 4.69) is 4.98 Å². The quantitative estimate of drug-likeness (QED) is 0.942. The Morgan fingerprint density at radius 1 is 1.37 bits per heavy atom. The molecule has 0 aliphatic rings. The highest BCUT2D eigenvalue weighted by molar-refractivity contribution is 7.18. The molecule has 0 fully saturated rings. The number of nitrogens with two attached hydrogens (primary N) is 1. The third-order valence-electron chi connectivity index (χ3n) is 2.70. The predicted octanol–water partition coefficient (Wildman–Crippen LogP) is 3.43. The van der Waals surface area contributed by atoms with E-state index in [1.807, 2.05) is 6.92 Å². The molecule has 1 aromatic heterocycles. The molecule has 0 spiro atoms. The Balaban J connectivity index is 2.47. The number of ether oxygens (including phenoxy) is 1. The first-order valence-corrected chi connectivity index (χ1v) is 6.47.